The van der Waals surface area contributed by atoms with Gasteiger partial charge in [0.1, 0.15) is 0 Å². The third-order valence-electron chi connectivity index (χ3n) is 5.99. The fraction of sp³-hybridized carbons (Fsp3) is 0.478. The number of rotatable bonds is 7. The van der Waals surface area contributed by atoms with Gasteiger partial charge >= 0.3 is 0 Å². The van der Waals surface area contributed by atoms with Crippen LogP contribution in [-0.4, -0.2) is 87.1 Å². The van der Waals surface area contributed by atoms with E-state index >= 15 is 0 Å². The summed E-state index contributed by atoms with van der Waals surface area (Å²) in [7, 11) is 0. The predicted octanol–water partition coefficient (Wildman–Crippen LogP) is 2.48. The average molecular weight is 455 g/mol. The van der Waals surface area contributed by atoms with Gasteiger partial charge in [-0.1, -0.05) is 6.07 Å². The molecule has 0 saturated carbocycles. The maximum atomic E-state index is 13.4. The highest BCUT2D eigenvalue weighted by Gasteiger charge is 2.26. The van der Waals surface area contributed by atoms with Gasteiger partial charge in [-0.2, -0.15) is 5.10 Å². The lowest BCUT2D eigenvalue weighted by Crippen LogP contribution is -2.51. The number of carbonyl (C=O) groups is 2. The zero-order valence-electron chi connectivity index (χ0n) is 19.0. The minimum Gasteiger partial charge on any atom is -0.342 e. The summed E-state index contributed by atoms with van der Waals surface area (Å²) in [5.74, 6) is 0.158. The third-order valence-corrected chi connectivity index (χ3v) is 6.85. The molecule has 1 fully saturated rings. The number of amides is 2. The molecule has 0 atom stereocenters. The van der Waals surface area contributed by atoms with Crippen molar-refractivity contribution in [1.29, 1.82) is 0 Å². The first-order valence-electron chi connectivity index (χ1n) is 11.1. The summed E-state index contributed by atoms with van der Waals surface area (Å²) in [5.41, 5.74) is 2.19. The molecule has 170 valence electrons. The zero-order chi connectivity index (χ0) is 22.7. The van der Waals surface area contributed by atoms with Crippen molar-refractivity contribution < 1.29 is 9.59 Å². The summed E-state index contributed by atoms with van der Waals surface area (Å²) in [6.07, 6.45) is 1.75. The molecule has 2 amide bonds. The van der Waals surface area contributed by atoms with Crippen LogP contribution >= 0.6 is 11.3 Å². The Bertz CT molecular complexity index is 1080. The fourth-order valence-electron chi connectivity index (χ4n) is 4.16. The molecule has 3 aromatic heterocycles. The van der Waals surface area contributed by atoms with E-state index in [0.29, 0.717) is 44.8 Å². The van der Waals surface area contributed by atoms with Gasteiger partial charge in [0, 0.05) is 49.8 Å². The van der Waals surface area contributed by atoms with Gasteiger partial charge < -0.3 is 9.80 Å². The zero-order valence-corrected chi connectivity index (χ0v) is 19.8. The minimum atomic E-state index is 0.00546. The van der Waals surface area contributed by atoms with Crippen molar-refractivity contribution in [2.75, 3.05) is 45.8 Å². The van der Waals surface area contributed by atoms with Crippen molar-refractivity contribution in [2.24, 2.45) is 0 Å². The van der Waals surface area contributed by atoms with E-state index in [9.17, 15) is 9.59 Å². The Balaban J connectivity index is 1.46. The van der Waals surface area contributed by atoms with Crippen LogP contribution in [0.15, 0.2) is 29.8 Å². The van der Waals surface area contributed by atoms with Crippen molar-refractivity contribution in [3.63, 3.8) is 0 Å². The highest BCUT2D eigenvalue weighted by Crippen LogP contribution is 2.22. The molecular formula is C23H30N6O2S. The number of hydrogen-bond acceptors (Lipinski definition) is 6. The summed E-state index contributed by atoms with van der Waals surface area (Å²) in [5, 5.41) is 7.35. The number of piperazine rings is 1. The molecule has 0 aliphatic carbocycles. The van der Waals surface area contributed by atoms with E-state index in [2.05, 4.69) is 21.0 Å². The van der Waals surface area contributed by atoms with Crippen LogP contribution in [0.4, 0.5) is 0 Å². The molecule has 0 radical (unpaired) electrons. The molecule has 0 spiro atoms. The van der Waals surface area contributed by atoms with Crippen LogP contribution < -0.4 is 0 Å². The van der Waals surface area contributed by atoms with Crippen molar-refractivity contribution in [2.45, 2.75) is 27.3 Å². The van der Waals surface area contributed by atoms with Gasteiger partial charge in [-0.15, -0.1) is 11.3 Å². The van der Waals surface area contributed by atoms with E-state index in [-0.39, 0.29) is 11.8 Å². The number of nitrogens with zero attached hydrogens (tertiary/aromatic N) is 6. The van der Waals surface area contributed by atoms with Crippen molar-refractivity contribution in [1.82, 2.24) is 29.5 Å². The largest absolute Gasteiger partial charge is 0.342 e. The van der Waals surface area contributed by atoms with Crippen LogP contribution in [0.3, 0.4) is 0 Å². The van der Waals surface area contributed by atoms with Gasteiger partial charge in [-0.25, -0.2) is 9.67 Å². The highest BCUT2D eigenvalue weighted by atomic mass is 32.1. The van der Waals surface area contributed by atoms with Crippen molar-refractivity contribution in [3.05, 3.63) is 45.9 Å². The maximum absolute atomic E-state index is 13.4. The molecular weight excluding hydrogens is 424 g/mol. The summed E-state index contributed by atoms with van der Waals surface area (Å²) in [6, 6.07) is 5.96. The molecule has 32 heavy (non-hydrogen) atoms. The molecule has 1 aliphatic rings. The van der Waals surface area contributed by atoms with E-state index in [1.54, 1.807) is 17.5 Å². The van der Waals surface area contributed by atoms with E-state index in [1.807, 2.05) is 52.8 Å². The van der Waals surface area contributed by atoms with E-state index in [1.165, 1.54) is 4.88 Å². The Morgan fingerprint density at radius 1 is 1.16 bits per heavy atom. The Labute approximate surface area is 192 Å². The molecule has 4 heterocycles. The summed E-state index contributed by atoms with van der Waals surface area (Å²) in [6.45, 7) is 11.0. The lowest BCUT2D eigenvalue weighted by molar-refractivity contribution is -0.132. The Kier molecular flexibility index (Phi) is 6.86. The average Bonchev–Trinajstić information content (AvgIpc) is 3.45. The maximum Gasteiger partial charge on any atom is 0.254 e. The van der Waals surface area contributed by atoms with Gasteiger partial charge in [0.15, 0.2) is 5.65 Å². The lowest BCUT2D eigenvalue weighted by Gasteiger charge is -2.35. The van der Waals surface area contributed by atoms with Gasteiger partial charge in [-0.05, 0) is 38.3 Å². The Hall–Kier alpha value is -2.78. The number of aryl methyl sites for hydroxylation is 1. The predicted molar refractivity (Wildman–Crippen MR) is 126 cm³/mol. The number of aromatic nitrogens is 3. The normalized spacial score (nSPS) is 14.8. The number of pyridine rings is 1. The third kappa shape index (κ3) is 4.68. The van der Waals surface area contributed by atoms with Gasteiger partial charge in [0.25, 0.3) is 5.91 Å². The smallest absolute Gasteiger partial charge is 0.254 e. The summed E-state index contributed by atoms with van der Waals surface area (Å²) in [4.78, 5) is 37.5. The molecule has 1 saturated heterocycles. The second kappa shape index (κ2) is 9.79. The number of carbonyl (C=O) groups excluding carboxylic acids is 2. The topological polar surface area (TPSA) is 74.6 Å². The first-order valence-corrected chi connectivity index (χ1v) is 12.0. The molecule has 3 aromatic rings. The second-order valence-electron chi connectivity index (χ2n) is 8.06. The van der Waals surface area contributed by atoms with Gasteiger partial charge in [-0.3, -0.25) is 14.5 Å². The molecule has 0 aromatic carbocycles. The number of fused-ring (bicyclic) bond motifs is 1. The Morgan fingerprint density at radius 3 is 2.56 bits per heavy atom. The quantitative estimate of drug-likeness (QED) is 0.548. The van der Waals surface area contributed by atoms with Gasteiger partial charge in [0.2, 0.25) is 5.91 Å². The number of thiophene rings is 1. The van der Waals surface area contributed by atoms with Crippen LogP contribution in [0.1, 0.15) is 34.8 Å². The summed E-state index contributed by atoms with van der Waals surface area (Å²) >= 11 is 1.68. The molecule has 8 nitrogen and oxygen atoms in total. The van der Waals surface area contributed by atoms with Crippen LogP contribution in [-0.2, 0) is 11.3 Å². The van der Waals surface area contributed by atoms with E-state index in [0.717, 1.165) is 29.8 Å². The van der Waals surface area contributed by atoms with Crippen LogP contribution in [0.2, 0.25) is 0 Å². The first-order chi connectivity index (χ1) is 15.5. The standard InChI is InChI=1S/C23H30N6O2S/c1-4-27(5-2)21(30)16-26-8-10-28(11-9-26)23(31)19-13-17(3)25-22-20(19)14-24-29(22)15-18-7-6-12-32-18/h6-7,12-14H,4-5,8-11,15-16H2,1-3H3. The molecule has 0 N–H and O–H groups in total. The monoisotopic (exact) mass is 454 g/mol. The van der Waals surface area contributed by atoms with Crippen molar-refractivity contribution in [3.8, 4) is 0 Å². The summed E-state index contributed by atoms with van der Waals surface area (Å²) < 4.78 is 1.86. The van der Waals surface area contributed by atoms with Crippen LogP contribution in [0.25, 0.3) is 11.0 Å². The minimum absolute atomic E-state index is 0.00546. The van der Waals surface area contributed by atoms with E-state index in [4.69, 9.17) is 0 Å². The highest BCUT2D eigenvalue weighted by molar-refractivity contribution is 7.09. The molecule has 0 bridgehead atoms. The molecule has 9 heteroatoms. The second-order valence-corrected chi connectivity index (χ2v) is 9.10. The molecule has 0 unspecified atom stereocenters. The molecule has 1 aliphatic heterocycles. The number of hydrogen-bond donors (Lipinski definition) is 0. The number of likely N-dealkylation sites (N-methyl/N-ethyl adjacent to an activating group) is 1. The Morgan fingerprint density at radius 2 is 1.91 bits per heavy atom. The van der Waals surface area contributed by atoms with Gasteiger partial charge in [0.05, 0.1) is 30.2 Å². The van der Waals surface area contributed by atoms with Crippen LogP contribution in [0.5, 0.6) is 0 Å². The molecule has 4 rings (SSSR count). The fourth-order valence-corrected chi connectivity index (χ4v) is 4.85. The van der Waals surface area contributed by atoms with Crippen LogP contribution in [0, 0.1) is 6.92 Å². The first kappa shape index (κ1) is 22.4. The lowest BCUT2D eigenvalue weighted by atomic mass is 10.1. The SMILES string of the molecule is CCN(CC)C(=O)CN1CCN(C(=O)c2cc(C)nc3c2cnn3Cc2cccs2)CC1. The van der Waals surface area contributed by atoms with E-state index < -0.39 is 0 Å². The van der Waals surface area contributed by atoms with Crippen molar-refractivity contribution >= 4 is 34.2 Å².